The lowest BCUT2D eigenvalue weighted by molar-refractivity contribution is -0.385. The summed E-state index contributed by atoms with van der Waals surface area (Å²) in [4.78, 5) is 30.2. The third kappa shape index (κ3) is 7.98. The van der Waals surface area contributed by atoms with Crippen LogP contribution < -0.4 is 19.1 Å². The molecule has 2 aliphatic rings. The molecule has 4 rings (SSSR count). The van der Waals surface area contributed by atoms with E-state index < -0.39 is 4.92 Å². The lowest BCUT2D eigenvalue weighted by Gasteiger charge is -2.37. The number of ether oxygens (including phenoxy) is 3. The Morgan fingerprint density at radius 2 is 1.67 bits per heavy atom. The number of amides is 1. The molecule has 2 saturated heterocycles. The van der Waals surface area contributed by atoms with E-state index >= 15 is 0 Å². The molecule has 0 bridgehead atoms. The van der Waals surface area contributed by atoms with E-state index in [2.05, 4.69) is 35.8 Å². The number of piperidine rings is 1. The van der Waals surface area contributed by atoms with Crippen LogP contribution in [0.3, 0.4) is 0 Å². The molecule has 1 amide bonds. The van der Waals surface area contributed by atoms with Gasteiger partial charge in [0.1, 0.15) is 17.6 Å². The van der Waals surface area contributed by atoms with Crippen LogP contribution in [0.1, 0.15) is 33.1 Å². The first-order valence-electron chi connectivity index (χ1n) is 13.8. The Labute approximate surface area is 230 Å². The average Bonchev–Trinajstić information content (AvgIpc) is 2.95. The second kappa shape index (κ2) is 13.5. The van der Waals surface area contributed by atoms with Gasteiger partial charge in [-0.05, 0) is 36.2 Å². The van der Waals surface area contributed by atoms with Crippen molar-refractivity contribution in [1.29, 1.82) is 0 Å². The highest BCUT2D eigenvalue weighted by atomic mass is 16.6. The predicted molar refractivity (Wildman–Crippen MR) is 150 cm³/mol. The van der Waals surface area contributed by atoms with Gasteiger partial charge in [-0.3, -0.25) is 19.8 Å². The van der Waals surface area contributed by atoms with Crippen LogP contribution in [0.25, 0.3) is 0 Å². The zero-order valence-electron chi connectivity index (χ0n) is 23.2. The van der Waals surface area contributed by atoms with Crippen molar-refractivity contribution >= 4 is 17.3 Å². The Bertz CT molecular complexity index is 1090. The lowest BCUT2D eigenvalue weighted by Crippen LogP contribution is -2.48. The van der Waals surface area contributed by atoms with E-state index in [9.17, 15) is 14.9 Å². The molecule has 10 heteroatoms. The van der Waals surface area contributed by atoms with Crippen molar-refractivity contribution in [2.24, 2.45) is 5.92 Å². The Balaban J connectivity index is 1.15. The van der Waals surface area contributed by atoms with Crippen LogP contribution in [0.15, 0.2) is 42.5 Å². The molecule has 2 aromatic carbocycles. The number of hydrogen-bond donors (Lipinski definition) is 0. The van der Waals surface area contributed by atoms with Crippen LogP contribution >= 0.6 is 0 Å². The first-order valence-corrected chi connectivity index (χ1v) is 13.8. The fourth-order valence-electron chi connectivity index (χ4n) is 4.96. The van der Waals surface area contributed by atoms with Gasteiger partial charge in [0.15, 0.2) is 0 Å². The summed E-state index contributed by atoms with van der Waals surface area (Å²) in [5.74, 6) is 2.31. The minimum Gasteiger partial charge on any atom is -0.493 e. The number of rotatable bonds is 11. The van der Waals surface area contributed by atoms with Gasteiger partial charge in [-0.2, -0.15) is 0 Å². The largest absolute Gasteiger partial charge is 0.493 e. The minimum absolute atomic E-state index is 0.0378. The Morgan fingerprint density at radius 3 is 2.28 bits per heavy atom. The molecule has 212 valence electrons. The molecule has 0 aromatic heterocycles. The summed E-state index contributed by atoms with van der Waals surface area (Å²) in [6, 6.07) is 12.9. The third-order valence-electron chi connectivity index (χ3n) is 7.24. The van der Waals surface area contributed by atoms with Crippen LogP contribution in [0.4, 0.5) is 11.4 Å². The number of nitro benzene ring substituents is 1. The first kappa shape index (κ1) is 28.5. The fraction of sp³-hybridized carbons (Fsp3) is 0.552. The highest BCUT2D eigenvalue weighted by Gasteiger charge is 2.26. The number of anilines is 1. The summed E-state index contributed by atoms with van der Waals surface area (Å²) in [5.41, 5.74) is 1.12. The molecule has 2 aliphatic heterocycles. The number of methoxy groups -OCH3 is 1. The van der Waals surface area contributed by atoms with Crippen molar-refractivity contribution in [1.82, 2.24) is 9.80 Å². The lowest BCUT2D eigenvalue weighted by atomic mass is 10.1. The van der Waals surface area contributed by atoms with Crippen LogP contribution in [-0.2, 0) is 4.79 Å². The predicted octanol–water partition coefficient (Wildman–Crippen LogP) is 4.22. The van der Waals surface area contributed by atoms with Gasteiger partial charge in [0.05, 0.1) is 18.6 Å². The molecule has 0 unspecified atom stereocenters. The third-order valence-corrected chi connectivity index (χ3v) is 7.24. The van der Waals surface area contributed by atoms with Crippen LogP contribution in [-0.4, -0.2) is 86.3 Å². The molecule has 0 aliphatic carbocycles. The van der Waals surface area contributed by atoms with Crippen molar-refractivity contribution in [3.63, 3.8) is 0 Å². The van der Waals surface area contributed by atoms with Crippen molar-refractivity contribution in [3.8, 4) is 17.2 Å². The summed E-state index contributed by atoms with van der Waals surface area (Å²) in [6.45, 7) is 10.8. The summed E-state index contributed by atoms with van der Waals surface area (Å²) < 4.78 is 16.9. The first-order chi connectivity index (χ1) is 18.8. The number of carbonyl (C=O) groups excluding carboxylic acids is 1. The number of nitrogens with zero attached hydrogens (tertiary/aromatic N) is 4. The summed E-state index contributed by atoms with van der Waals surface area (Å²) in [5, 5.41) is 11.1. The number of benzene rings is 2. The number of carbonyl (C=O) groups is 1. The maximum atomic E-state index is 12.9. The van der Waals surface area contributed by atoms with Gasteiger partial charge in [0.2, 0.25) is 11.7 Å². The minimum atomic E-state index is -0.477. The molecular formula is C29H40N4O6. The van der Waals surface area contributed by atoms with E-state index in [-0.39, 0.29) is 23.4 Å². The summed E-state index contributed by atoms with van der Waals surface area (Å²) >= 11 is 0. The number of likely N-dealkylation sites (tertiary alicyclic amines) is 1. The monoisotopic (exact) mass is 540 g/mol. The zero-order valence-corrected chi connectivity index (χ0v) is 23.2. The molecule has 2 heterocycles. The molecule has 0 atom stereocenters. The molecule has 0 N–H and O–H groups in total. The Hall–Kier alpha value is -3.53. The highest BCUT2D eigenvalue weighted by molar-refractivity contribution is 5.76. The molecule has 2 fully saturated rings. The zero-order chi connectivity index (χ0) is 27.8. The second-order valence-electron chi connectivity index (χ2n) is 10.6. The van der Waals surface area contributed by atoms with Crippen molar-refractivity contribution < 1.29 is 23.9 Å². The van der Waals surface area contributed by atoms with Crippen LogP contribution in [0, 0.1) is 16.0 Å². The number of nitro groups is 1. The Kier molecular flexibility index (Phi) is 9.86. The SMILES string of the molecule is COc1cc(OC2CCN(C(=O)CCN3CCN(c4ccc(OCC(C)C)cc4)CC3)CC2)ccc1[N+](=O)[O-]. The second-order valence-corrected chi connectivity index (χ2v) is 10.6. The number of piperazine rings is 1. The quantitative estimate of drug-likeness (QED) is 0.309. The van der Waals surface area contributed by atoms with Gasteiger partial charge in [-0.15, -0.1) is 0 Å². The standard InChI is InChI=1S/C29H40N4O6/c1-22(2)21-38-24-6-4-23(5-7-24)31-18-16-30(17-19-31)13-12-29(34)32-14-10-25(11-15-32)39-26-8-9-27(33(35)36)28(20-26)37-3/h4-9,20,22,25H,10-19,21H2,1-3H3. The van der Waals surface area contributed by atoms with Gasteiger partial charge < -0.3 is 24.0 Å². The average molecular weight is 541 g/mol. The number of hydrogen-bond acceptors (Lipinski definition) is 8. The van der Waals surface area contributed by atoms with Gasteiger partial charge in [0.25, 0.3) is 0 Å². The van der Waals surface area contributed by atoms with E-state index in [1.54, 1.807) is 12.1 Å². The van der Waals surface area contributed by atoms with Gasteiger partial charge in [-0.25, -0.2) is 0 Å². The smallest absolute Gasteiger partial charge is 0.311 e. The van der Waals surface area contributed by atoms with Gasteiger partial charge in [0, 0.05) is 82.9 Å². The van der Waals surface area contributed by atoms with Crippen molar-refractivity contribution in [3.05, 3.63) is 52.6 Å². The molecule has 0 saturated carbocycles. The summed E-state index contributed by atoms with van der Waals surface area (Å²) in [7, 11) is 1.40. The van der Waals surface area contributed by atoms with Crippen molar-refractivity contribution in [2.75, 3.05) is 64.4 Å². The van der Waals surface area contributed by atoms with Crippen LogP contribution in [0.5, 0.6) is 17.2 Å². The Morgan fingerprint density at radius 1 is 1.00 bits per heavy atom. The van der Waals surface area contributed by atoms with E-state index in [1.807, 2.05) is 17.0 Å². The maximum absolute atomic E-state index is 12.9. The molecular weight excluding hydrogens is 500 g/mol. The molecule has 39 heavy (non-hydrogen) atoms. The molecule has 0 radical (unpaired) electrons. The van der Waals surface area contributed by atoms with E-state index in [1.165, 1.54) is 18.9 Å². The highest BCUT2D eigenvalue weighted by Crippen LogP contribution is 2.32. The van der Waals surface area contributed by atoms with E-state index in [0.717, 1.165) is 57.9 Å². The molecule has 0 spiro atoms. The van der Waals surface area contributed by atoms with Crippen molar-refractivity contribution in [2.45, 2.75) is 39.2 Å². The van der Waals surface area contributed by atoms with Crippen LogP contribution in [0.2, 0.25) is 0 Å². The molecule has 2 aromatic rings. The van der Waals surface area contributed by atoms with E-state index in [4.69, 9.17) is 14.2 Å². The van der Waals surface area contributed by atoms with Gasteiger partial charge in [-0.1, -0.05) is 13.8 Å². The summed E-state index contributed by atoms with van der Waals surface area (Å²) in [6.07, 6.45) is 1.94. The maximum Gasteiger partial charge on any atom is 0.311 e. The topological polar surface area (TPSA) is 97.6 Å². The van der Waals surface area contributed by atoms with E-state index in [0.29, 0.717) is 31.2 Å². The molecule has 10 nitrogen and oxygen atoms in total. The fourth-order valence-corrected chi connectivity index (χ4v) is 4.96. The normalized spacial score (nSPS) is 16.8. The van der Waals surface area contributed by atoms with Gasteiger partial charge >= 0.3 is 5.69 Å².